The molecule has 0 saturated carbocycles. The molecule has 0 unspecified atom stereocenters. The van der Waals surface area contributed by atoms with Gasteiger partial charge in [-0.3, -0.25) is 0 Å². The molecule has 1 aliphatic heterocycles. The van der Waals surface area contributed by atoms with Crippen molar-refractivity contribution in [3.05, 3.63) is 53.1 Å². The van der Waals surface area contributed by atoms with Gasteiger partial charge < -0.3 is 14.8 Å². The van der Waals surface area contributed by atoms with Gasteiger partial charge >= 0.3 is 0 Å². The Morgan fingerprint density at radius 1 is 1.04 bits per heavy atom. The van der Waals surface area contributed by atoms with Gasteiger partial charge in [0.1, 0.15) is 23.0 Å². The lowest BCUT2D eigenvalue weighted by Crippen LogP contribution is -2.07. The fraction of sp³-hybridized carbons (Fsp3) is 0.286. The lowest BCUT2D eigenvalue weighted by atomic mass is 10.0. The van der Waals surface area contributed by atoms with E-state index in [1.54, 1.807) is 14.2 Å². The van der Waals surface area contributed by atoms with Crippen molar-refractivity contribution in [3.63, 3.8) is 0 Å². The largest absolute Gasteiger partial charge is 0.497 e. The Morgan fingerprint density at radius 2 is 1.85 bits per heavy atom. The number of rotatable bonds is 4. The number of hydrogen-bond acceptors (Lipinski definition) is 4. The fourth-order valence-corrected chi connectivity index (χ4v) is 3.61. The van der Waals surface area contributed by atoms with Crippen molar-refractivity contribution in [1.82, 2.24) is 9.78 Å². The maximum Gasteiger partial charge on any atom is 0.133 e. The topological polar surface area (TPSA) is 48.3 Å². The van der Waals surface area contributed by atoms with Crippen LogP contribution in [0.4, 0.5) is 5.82 Å². The smallest absolute Gasteiger partial charge is 0.133 e. The number of halogens is 1. The fourth-order valence-electron chi connectivity index (χ4n) is 3.49. The average Bonchev–Trinajstić information content (AvgIpc) is 2.89. The average molecular weight is 384 g/mol. The summed E-state index contributed by atoms with van der Waals surface area (Å²) in [4.78, 5) is 0. The zero-order chi connectivity index (χ0) is 18.8. The number of methoxy groups -OCH3 is 2. The van der Waals surface area contributed by atoms with Gasteiger partial charge in [-0.15, -0.1) is 0 Å². The maximum atomic E-state index is 6.07. The van der Waals surface area contributed by atoms with Crippen LogP contribution in [-0.4, -0.2) is 30.5 Å². The first-order chi connectivity index (χ1) is 13.2. The van der Waals surface area contributed by atoms with E-state index in [2.05, 4.69) is 5.32 Å². The molecule has 1 N–H and O–H groups in total. The Labute approximate surface area is 163 Å². The second-order valence-corrected chi connectivity index (χ2v) is 6.95. The first-order valence-electron chi connectivity index (χ1n) is 9.05. The Kier molecular flexibility index (Phi) is 4.94. The summed E-state index contributed by atoms with van der Waals surface area (Å²) in [5.74, 6) is 2.60. The summed E-state index contributed by atoms with van der Waals surface area (Å²) in [7, 11) is 3.35. The minimum Gasteiger partial charge on any atom is -0.497 e. The zero-order valence-corrected chi connectivity index (χ0v) is 16.2. The number of ether oxygens (including phenoxy) is 2. The highest BCUT2D eigenvalue weighted by Crippen LogP contribution is 2.39. The molecule has 1 aliphatic rings. The summed E-state index contributed by atoms with van der Waals surface area (Å²) in [6.45, 7) is 0.932. The van der Waals surface area contributed by atoms with Gasteiger partial charge in [-0.1, -0.05) is 11.6 Å². The molecule has 0 fully saturated rings. The van der Waals surface area contributed by atoms with E-state index in [1.165, 1.54) is 5.56 Å². The molecule has 140 valence electrons. The number of hydrogen-bond donors (Lipinski definition) is 1. The second kappa shape index (κ2) is 7.53. The van der Waals surface area contributed by atoms with E-state index in [4.69, 9.17) is 26.2 Å². The zero-order valence-electron chi connectivity index (χ0n) is 15.5. The summed E-state index contributed by atoms with van der Waals surface area (Å²) in [5.41, 5.74) is 4.03. The van der Waals surface area contributed by atoms with Crippen LogP contribution in [0.5, 0.6) is 11.5 Å². The van der Waals surface area contributed by atoms with Gasteiger partial charge in [-0.05, 0) is 61.7 Å². The Balaban J connectivity index is 1.93. The molecule has 0 atom stereocenters. The second-order valence-electron chi connectivity index (χ2n) is 6.51. The third-order valence-electron chi connectivity index (χ3n) is 4.86. The van der Waals surface area contributed by atoms with Crippen LogP contribution in [0.2, 0.25) is 5.02 Å². The van der Waals surface area contributed by atoms with E-state index in [0.29, 0.717) is 5.02 Å². The van der Waals surface area contributed by atoms with Crippen LogP contribution < -0.4 is 14.8 Å². The molecule has 2 aromatic carbocycles. The summed E-state index contributed by atoms with van der Waals surface area (Å²) in [5, 5.41) is 9.23. The number of nitrogens with one attached hydrogen (secondary N) is 1. The van der Waals surface area contributed by atoms with Crippen LogP contribution in [0, 0.1) is 0 Å². The molecule has 0 radical (unpaired) electrons. The third-order valence-corrected chi connectivity index (χ3v) is 5.11. The first kappa shape index (κ1) is 17.7. The summed E-state index contributed by atoms with van der Waals surface area (Å²) in [6, 6.07) is 13.5. The van der Waals surface area contributed by atoms with Gasteiger partial charge in [0, 0.05) is 22.7 Å². The summed E-state index contributed by atoms with van der Waals surface area (Å²) >= 11 is 6.07. The van der Waals surface area contributed by atoms with Crippen molar-refractivity contribution in [2.24, 2.45) is 0 Å². The molecular weight excluding hydrogens is 362 g/mol. The van der Waals surface area contributed by atoms with Crippen molar-refractivity contribution in [2.75, 3.05) is 26.1 Å². The number of fused-ring (bicyclic) bond motifs is 1. The Morgan fingerprint density at radius 3 is 2.59 bits per heavy atom. The van der Waals surface area contributed by atoms with Crippen LogP contribution in [-0.2, 0) is 6.42 Å². The van der Waals surface area contributed by atoms with E-state index in [9.17, 15) is 0 Å². The van der Waals surface area contributed by atoms with E-state index < -0.39 is 0 Å². The van der Waals surface area contributed by atoms with Crippen LogP contribution in [0.3, 0.4) is 0 Å². The first-order valence-corrected chi connectivity index (χ1v) is 9.43. The highest BCUT2D eigenvalue weighted by atomic mass is 35.5. The van der Waals surface area contributed by atoms with Crippen molar-refractivity contribution >= 4 is 17.4 Å². The quantitative estimate of drug-likeness (QED) is 0.691. The molecule has 4 rings (SSSR count). The summed E-state index contributed by atoms with van der Waals surface area (Å²) < 4.78 is 13.0. The van der Waals surface area contributed by atoms with Crippen LogP contribution in [0.15, 0.2) is 42.5 Å². The molecule has 27 heavy (non-hydrogen) atoms. The predicted octanol–water partition coefficient (Wildman–Crippen LogP) is 4.96. The van der Waals surface area contributed by atoms with E-state index in [1.807, 2.05) is 47.1 Å². The molecule has 0 spiro atoms. The molecule has 5 nitrogen and oxygen atoms in total. The number of aromatic nitrogens is 2. The van der Waals surface area contributed by atoms with E-state index >= 15 is 0 Å². The van der Waals surface area contributed by atoms with Gasteiger partial charge in [0.25, 0.3) is 0 Å². The van der Waals surface area contributed by atoms with Gasteiger partial charge in [0.2, 0.25) is 0 Å². The highest BCUT2D eigenvalue weighted by molar-refractivity contribution is 6.30. The lowest BCUT2D eigenvalue weighted by molar-refractivity contribution is 0.404. The lowest BCUT2D eigenvalue weighted by Gasteiger charge is -2.10. The number of nitrogens with zero attached hydrogens (tertiary/aromatic N) is 2. The highest BCUT2D eigenvalue weighted by Gasteiger charge is 2.24. The number of benzene rings is 2. The molecule has 6 heteroatoms. The van der Waals surface area contributed by atoms with E-state index in [0.717, 1.165) is 60.1 Å². The summed E-state index contributed by atoms with van der Waals surface area (Å²) in [6.07, 6.45) is 3.21. The molecule has 3 aromatic rings. The van der Waals surface area contributed by atoms with Crippen molar-refractivity contribution < 1.29 is 9.47 Å². The van der Waals surface area contributed by atoms with Gasteiger partial charge in [0.15, 0.2) is 0 Å². The molecule has 1 aromatic heterocycles. The van der Waals surface area contributed by atoms with Crippen molar-refractivity contribution in [3.8, 4) is 28.4 Å². The van der Waals surface area contributed by atoms with Crippen LogP contribution in [0.1, 0.15) is 18.4 Å². The standard InChI is InChI=1S/C21H22ClN3O2/c1-26-16-10-11-19(27-2)18(13-16)20-17-5-3-4-12-23-21(17)25(24-20)15-8-6-14(22)7-9-15/h6-11,13,23H,3-5,12H2,1-2H3. The van der Waals surface area contributed by atoms with Crippen LogP contribution >= 0.6 is 11.6 Å². The minimum absolute atomic E-state index is 0.708. The normalized spacial score (nSPS) is 13.4. The Bertz CT molecular complexity index is 951. The van der Waals surface area contributed by atoms with Gasteiger partial charge in [0.05, 0.1) is 19.9 Å². The van der Waals surface area contributed by atoms with E-state index in [-0.39, 0.29) is 0 Å². The predicted molar refractivity (Wildman–Crippen MR) is 109 cm³/mol. The minimum atomic E-state index is 0.708. The third kappa shape index (κ3) is 3.35. The van der Waals surface area contributed by atoms with Crippen molar-refractivity contribution in [1.29, 1.82) is 0 Å². The maximum absolute atomic E-state index is 6.07. The molecule has 0 aliphatic carbocycles. The van der Waals surface area contributed by atoms with Gasteiger partial charge in [-0.2, -0.15) is 5.10 Å². The number of anilines is 1. The van der Waals surface area contributed by atoms with Gasteiger partial charge in [-0.25, -0.2) is 4.68 Å². The molecule has 0 amide bonds. The molecular formula is C21H22ClN3O2. The molecule has 0 bridgehead atoms. The van der Waals surface area contributed by atoms with Crippen molar-refractivity contribution in [2.45, 2.75) is 19.3 Å². The molecule has 0 saturated heterocycles. The molecule has 2 heterocycles. The SMILES string of the molecule is COc1ccc(OC)c(-c2nn(-c3ccc(Cl)cc3)c3c2CCCCN3)c1. The Hall–Kier alpha value is -2.66. The monoisotopic (exact) mass is 383 g/mol. The van der Waals surface area contributed by atoms with Crippen LogP contribution in [0.25, 0.3) is 16.9 Å².